The first-order chi connectivity index (χ1) is 15.5. The summed E-state index contributed by atoms with van der Waals surface area (Å²) in [5, 5.41) is 2.81. The first-order valence-electron chi connectivity index (χ1n) is 11.2. The summed E-state index contributed by atoms with van der Waals surface area (Å²) in [5.41, 5.74) is 2.34. The topological polar surface area (TPSA) is 86.8 Å². The van der Waals surface area contributed by atoms with E-state index < -0.39 is 22.0 Å². The fourth-order valence-corrected chi connectivity index (χ4v) is 5.04. The molecule has 2 aromatic carbocycles. The maximum absolute atomic E-state index is 13.1. The van der Waals surface area contributed by atoms with E-state index in [2.05, 4.69) is 5.32 Å². The van der Waals surface area contributed by atoms with Crippen LogP contribution in [0.1, 0.15) is 49.2 Å². The summed E-state index contributed by atoms with van der Waals surface area (Å²) < 4.78 is 27.0. The Morgan fingerprint density at radius 1 is 1.00 bits per heavy atom. The minimum Gasteiger partial charge on any atom is -0.340 e. The molecule has 0 aliphatic carbocycles. The fraction of sp³-hybridized carbons (Fsp3) is 0.440. The van der Waals surface area contributed by atoms with Crippen molar-refractivity contribution in [3.05, 3.63) is 65.2 Å². The Morgan fingerprint density at radius 3 is 2.15 bits per heavy atom. The number of nitrogens with one attached hydrogen (secondary N) is 1. The van der Waals surface area contributed by atoms with Crippen molar-refractivity contribution in [2.75, 3.05) is 20.1 Å². The summed E-state index contributed by atoms with van der Waals surface area (Å²) in [5.74, 6) is -0.835. The number of carbonyl (C=O) groups is 2. The lowest BCUT2D eigenvalue weighted by Gasteiger charge is -2.27. The third-order valence-electron chi connectivity index (χ3n) is 5.58. The molecule has 33 heavy (non-hydrogen) atoms. The van der Waals surface area contributed by atoms with Crippen molar-refractivity contribution in [3.63, 3.8) is 0 Å². The zero-order valence-corrected chi connectivity index (χ0v) is 21.1. The van der Waals surface area contributed by atoms with E-state index in [9.17, 15) is 18.0 Å². The van der Waals surface area contributed by atoms with Crippen LogP contribution in [-0.4, -0.2) is 55.6 Å². The number of hydrogen-bond acceptors (Lipinski definition) is 4. The lowest BCUT2D eigenvalue weighted by molar-refractivity contribution is -0.133. The molecular formula is C25H35N3O4S. The van der Waals surface area contributed by atoms with Gasteiger partial charge in [-0.15, -0.1) is 0 Å². The van der Waals surface area contributed by atoms with E-state index in [4.69, 9.17) is 0 Å². The lowest BCUT2D eigenvalue weighted by atomic mass is 10.0. The van der Waals surface area contributed by atoms with Crippen molar-refractivity contribution in [1.29, 1.82) is 0 Å². The quantitative estimate of drug-likeness (QED) is 0.573. The van der Waals surface area contributed by atoms with Gasteiger partial charge in [0, 0.05) is 32.2 Å². The summed E-state index contributed by atoms with van der Waals surface area (Å²) in [7, 11) is -1.98. The van der Waals surface area contributed by atoms with Crippen molar-refractivity contribution in [2.45, 2.75) is 52.1 Å². The highest BCUT2D eigenvalue weighted by molar-refractivity contribution is 7.89. The highest BCUT2D eigenvalue weighted by Gasteiger charge is 2.28. The first-order valence-corrected chi connectivity index (χ1v) is 12.7. The Morgan fingerprint density at radius 2 is 1.61 bits per heavy atom. The first kappa shape index (κ1) is 26.5. The molecule has 0 heterocycles. The molecule has 0 unspecified atom stereocenters. The highest BCUT2D eigenvalue weighted by atomic mass is 32.2. The predicted octanol–water partition coefficient (Wildman–Crippen LogP) is 3.44. The van der Waals surface area contributed by atoms with Crippen LogP contribution in [0.3, 0.4) is 0 Å². The van der Waals surface area contributed by atoms with Gasteiger partial charge in [-0.25, -0.2) is 8.42 Å². The molecule has 8 heteroatoms. The Labute approximate surface area is 197 Å². The molecule has 0 aromatic heterocycles. The average molecular weight is 474 g/mol. The van der Waals surface area contributed by atoms with Crippen LogP contribution < -0.4 is 5.32 Å². The second kappa shape index (κ2) is 11.4. The van der Waals surface area contributed by atoms with Crippen molar-refractivity contribution < 1.29 is 18.0 Å². The summed E-state index contributed by atoms with van der Waals surface area (Å²) in [6, 6.07) is 13.1. The van der Waals surface area contributed by atoms with Crippen LogP contribution in [0.2, 0.25) is 0 Å². The van der Waals surface area contributed by atoms with Gasteiger partial charge in [0.15, 0.2) is 0 Å². The molecule has 0 fully saturated rings. The predicted molar refractivity (Wildman–Crippen MR) is 130 cm³/mol. The molecular weight excluding hydrogens is 438 g/mol. The number of nitrogens with zero attached hydrogens (tertiary/aromatic N) is 2. The van der Waals surface area contributed by atoms with Gasteiger partial charge in [-0.3, -0.25) is 9.59 Å². The van der Waals surface area contributed by atoms with Crippen molar-refractivity contribution in [1.82, 2.24) is 14.5 Å². The molecule has 1 N–H and O–H groups in total. The van der Waals surface area contributed by atoms with Crippen LogP contribution in [0.5, 0.6) is 0 Å². The molecule has 0 saturated carbocycles. The van der Waals surface area contributed by atoms with E-state index in [0.717, 1.165) is 11.1 Å². The van der Waals surface area contributed by atoms with Crippen LogP contribution in [0, 0.1) is 12.8 Å². The Kier molecular flexibility index (Phi) is 9.19. The summed E-state index contributed by atoms with van der Waals surface area (Å²) in [4.78, 5) is 27.8. The van der Waals surface area contributed by atoms with Gasteiger partial charge in [0.2, 0.25) is 15.9 Å². The number of rotatable bonds is 10. The van der Waals surface area contributed by atoms with Crippen molar-refractivity contribution in [2.24, 2.45) is 5.92 Å². The second-order valence-electron chi connectivity index (χ2n) is 8.49. The number of hydrogen-bond donors (Lipinski definition) is 1. The normalized spacial score (nSPS) is 12.6. The second-order valence-corrected chi connectivity index (χ2v) is 10.4. The largest absolute Gasteiger partial charge is 0.340 e. The standard InChI is InChI=1S/C25H35N3O4S/c1-7-28(8-2)33(31,32)22-11-9-10-21(16-22)24(29)26-23(18(3)4)25(30)27(6)17-20-14-12-19(5)13-15-20/h9-16,18,23H,7-8,17H2,1-6H3,(H,26,29)/t23-/m0/s1. The van der Waals surface area contributed by atoms with E-state index in [-0.39, 0.29) is 22.3 Å². The number of aryl methyl sites for hydroxylation is 1. The molecule has 0 spiro atoms. The van der Waals surface area contributed by atoms with Crippen LogP contribution in [0.4, 0.5) is 0 Å². The van der Waals surface area contributed by atoms with Gasteiger partial charge in [-0.1, -0.05) is 63.6 Å². The van der Waals surface area contributed by atoms with Gasteiger partial charge in [-0.05, 0) is 36.6 Å². The van der Waals surface area contributed by atoms with E-state index >= 15 is 0 Å². The molecule has 0 saturated heterocycles. The Bertz CT molecular complexity index is 1060. The molecule has 7 nitrogen and oxygen atoms in total. The number of sulfonamides is 1. The molecule has 2 amide bonds. The average Bonchev–Trinajstić information content (AvgIpc) is 2.78. The molecule has 2 rings (SSSR count). The Hall–Kier alpha value is -2.71. The molecule has 1 atom stereocenters. The SMILES string of the molecule is CCN(CC)S(=O)(=O)c1cccc(C(=O)N[C@H](C(=O)N(C)Cc2ccc(C)cc2)C(C)C)c1. The maximum atomic E-state index is 13.1. The third kappa shape index (κ3) is 6.65. The molecule has 180 valence electrons. The summed E-state index contributed by atoms with van der Waals surface area (Å²) in [6.07, 6.45) is 0. The van der Waals surface area contributed by atoms with E-state index in [1.807, 2.05) is 45.0 Å². The molecule has 2 aromatic rings. The number of amides is 2. The zero-order chi connectivity index (χ0) is 24.8. The van der Waals surface area contributed by atoms with E-state index in [1.165, 1.54) is 16.4 Å². The maximum Gasteiger partial charge on any atom is 0.251 e. The smallest absolute Gasteiger partial charge is 0.251 e. The summed E-state index contributed by atoms with van der Waals surface area (Å²) >= 11 is 0. The van der Waals surface area contributed by atoms with Crippen LogP contribution in [0.15, 0.2) is 53.4 Å². The van der Waals surface area contributed by atoms with Crippen LogP contribution in [0.25, 0.3) is 0 Å². The monoisotopic (exact) mass is 473 g/mol. The van der Waals surface area contributed by atoms with Gasteiger partial charge in [0.05, 0.1) is 4.90 Å². The van der Waals surface area contributed by atoms with Crippen LogP contribution in [-0.2, 0) is 21.4 Å². The molecule has 0 radical (unpaired) electrons. The van der Waals surface area contributed by atoms with Gasteiger partial charge in [0.1, 0.15) is 6.04 Å². The van der Waals surface area contributed by atoms with Gasteiger partial charge < -0.3 is 10.2 Å². The number of benzene rings is 2. The summed E-state index contributed by atoms with van der Waals surface area (Å²) in [6.45, 7) is 10.4. The Balaban J connectivity index is 2.20. The van der Waals surface area contributed by atoms with Gasteiger partial charge in [-0.2, -0.15) is 4.31 Å². The lowest BCUT2D eigenvalue weighted by Crippen LogP contribution is -2.50. The third-order valence-corrected chi connectivity index (χ3v) is 7.62. The van der Waals surface area contributed by atoms with Crippen molar-refractivity contribution >= 4 is 21.8 Å². The molecule has 0 aliphatic rings. The molecule has 0 bridgehead atoms. The zero-order valence-electron chi connectivity index (χ0n) is 20.3. The van der Waals surface area contributed by atoms with Crippen molar-refractivity contribution in [3.8, 4) is 0 Å². The number of likely N-dealkylation sites (N-methyl/N-ethyl adjacent to an activating group) is 1. The minimum absolute atomic E-state index is 0.0581. The fourth-order valence-electron chi connectivity index (χ4n) is 3.53. The number of carbonyl (C=O) groups excluding carboxylic acids is 2. The van der Waals surface area contributed by atoms with Gasteiger partial charge >= 0.3 is 0 Å². The highest BCUT2D eigenvalue weighted by Crippen LogP contribution is 2.18. The van der Waals surface area contributed by atoms with Crippen LogP contribution >= 0.6 is 0 Å². The minimum atomic E-state index is -3.69. The van der Waals surface area contributed by atoms with Gasteiger partial charge in [0.25, 0.3) is 5.91 Å². The molecule has 0 aliphatic heterocycles. The van der Waals surface area contributed by atoms with E-state index in [1.54, 1.807) is 37.9 Å². The van der Waals surface area contributed by atoms with E-state index in [0.29, 0.717) is 19.6 Å².